The number of nitriles is 1. The zero-order valence-corrected chi connectivity index (χ0v) is 27.2. The van der Waals surface area contributed by atoms with E-state index in [-0.39, 0.29) is 12.1 Å². The van der Waals surface area contributed by atoms with Crippen LogP contribution >= 0.6 is 11.6 Å². The van der Waals surface area contributed by atoms with Crippen molar-refractivity contribution in [1.82, 2.24) is 30.0 Å². The fourth-order valence-corrected chi connectivity index (χ4v) is 7.11. The van der Waals surface area contributed by atoms with Gasteiger partial charge in [-0.05, 0) is 70.0 Å². The Hall–Kier alpha value is -4.33. The molecule has 2 aliphatic heterocycles. The molecule has 46 heavy (non-hydrogen) atoms. The monoisotopic (exact) mass is 638 g/mol. The molecule has 0 spiro atoms. The van der Waals surface area contributed by atoms with Crippen molar-refractivity contribution < 1.29 is 9.47 Å². The van der Waals surface area contributed by atoms with Crippen molar-refractivity contribution in [2.45, 2.75) is 57.2 Å². The van der Waals surface area contributed by atoms with Gasteiger partial charge in [-0.15, -0.1) is 0 Å². The van der Waals surface area contributed by atoms with Crippen molar-refractivity contribution in [3.05, 3.63) is 59.9 Å². The number of aromatic amines is 1. The fraction of sp³-hybridized carbons (Fsp3) is 0.429. The van der Waals surface area contributed by atoms with Crippen molar-refractivity contribution in [2.75, 3.05) is 44.7 Å². The molecule has 10 nitrogen and oxygen atoms in total. The molecule has 11 heteroatoms. The smallest absolute Gasteiger partial charge is 0.319 e. The number of ether oxygens (including phenoxy) is 2. The van der Waals surface area contributed by atoms with Gasteiger partial charge in [0.2, 0.25) is 0 Å². The summed E-state index contributed by atoms with van der Waals surface area (Å²) in [5, 5.41) is 19.4. The Morgan fingerprint density at radius 2 is 2.00 bits per heavy atom. The van der Waals surface area contributed by atoms with E-state index in [2.05, 4.69) is 64.2 Å². The van der Waals surface area contributed by atoms with E-state index in [1.54, 1.807) is 6.08 Å². The van der Waals surface area contributed by atoms with E-state index < -0.39 is 0 Å². The molecule has 1 saturated carbocycles. The van der Waals surface area contributed by atoms with Crippen LogP contribution in [0.3, 0.4) is 0 Å². The van der Waals surface area contributed by atoms with Crippen LogP contribution in [0.2, 0.25) is 5.02 Å². The summed E-state index contributed by atoms with van der Waals surface area (Å²) in [5.74, 6) is 1.36. The second-order valence-corrected chi connectivity index (χ2v) is 13.0. The number of nitrogens with one attached hydrogen (secondary N) is 1. The molecule has 1 aliphatic carbocycles. The minimum Gasteiger partial charge on any atom is -0.487 e. The largest absolute Gasteiger partial charge is 0.487 e. The highest BCUT2D eigenvalue weighted by atomic mass is 35.5. The number of fused-ring (bicyclic) bond motifs is 2. The predicted octanol–water partition coefficient (Wildman–Crippen LogP) is 6.25. The number of likely N-dealkylation sites (tertiary alicyclic amines) is 1. The van der Waals surface area contributed by atoms with Crippen LogP contribution in [-0.2, 0) is 0 Å². The van der Waals surface area contributed by atoms with E-state index >= 15 is 0 Å². The molecule has 1 N–H and O–H groups in total. The molecular formula is C35H39ClN8O2. The van der Waals surface area contributed by atoms with Crippen LogP contribution in [0.5, 0.6) is 11.8 Å². The van der Waals surface area contributed by atoms with Gasteiger partial charge in [0.05, 0.1) is 41.4 Å². The van der Waals surface area contributed by atoms with E-state index in [0.717, 1.165) is 76.7 Å². The van der Waals surface area contributed by atoms with Crippen LogP contribution in [0.25, 0.3) is 32.9 Å². The van der Waals surface area contributed by atoms with Crippen LogP contribution < -0.4 is 14.4 Å². The maximum Gasteiger partial charge on any atom is 0.319 e. The van der Waals surface area contributed by atoms with Crippen molar-refractivity contribution in [2.24, 2.45) is 0 Å². The number of halogens is 1. The first-order valence-corrected chi connectivity index (χ1v) is 16.4. The summed E-state index contributed by atoms with van der Waals surface area (Å²) in [7, 11) is 2.13. The van der Waals surface area contributed by atoms with Gasteiger partial charge in [0.1, 0.15) is 17.9 Å². The molecule has 3 aliphatic rings. The molecule has 0 unspecified atom stereocenters. The number of H-pyrrole nitrogens is 1. The Balaban J connectivity index is 1.40. The Kier molecular flexibility index (Phi) is 8.22. The molecule has 7 rings (SSSR count). The zero-order chi connectivity index (χ0) is 31.9. The van der Waals surface area contributed by atoms with E-state index in [4.69, 9.17) is 31.0 Å². The number of benzene rings is 2. The lowest BCUT2D eigenvalue weighted by Crippen LogP contribution is -2.52. The minimum atomic E-state index is -0.0796. The van der Waals surface area contributed by atoms with E-state index in [0.29, 0.717) is 61.0 Å². The summed E-state index contributed by atoms with van der Waals surface area (Å²) in [6, 6.07) is 8.96. The van der Waals surface area contributed by atoms with Crippen LogP contribution in [0.4, 0.5) is 5.82 Å². The normalized spacial score (nSPS) is 20.3. The third-order valence-corrected chi connectivity index (χ3v) is 9.84. The minimum absolute atomic E-state index is 0.0796. The Morgan fingerprint density at radius 3 is 2.74 bits per heavy atom. The number of piperazine rings is 1. The first-order valence-electron chi connectivity index (χ1n) is 16.0. The fourth-order valence-electron chi connectivity index (χ4n) is 6.82. The molecular weight excluding hydrogens is 600 g/mol. The van der Waals surface area contributed by atoms with Gasteiger partial charge in [0, 0.05) is 53.3 Å². The number of allylic oxidation sites excluding steroid dienone is 1. The number of hydrogen-bond donors (Lipinski definition) is 1. The Morgan fingerprint density at radius 1 is 1.15 bits per heavy atom. The molecule has 2 atom stereocenters. The molecule has 2 aromatic carbocycles. The summed E-state index contributed by atoms with van der Waals surface area (Å²) in [6.45, 7) is 13.6. The number of aromatic nitrogens is 4. The van der Waals surface area contributed by atoms with Crippen LogP contribution in [0, 0.1) is 18.3 Å². The molecule has 0 amide bonds. The van der Waals surface area contributed by atoms with Crippen molar-refractivity contribution >= 4 is 39.2 Å². The van der Waals surface area contributed by atoms with Crippen LogP contribution in [-0.4, -0.2) is 88.0 Å². The number of aryl methyl sites for hydroxylation is 1. The molecule has 2 saturated heterocycles. The summed E-state index contributed by atoms with van der Waals surface area (Å²) in [5.41, 5.74) is 5.23. The Labute approximate surface area is 274 Å². The first kappa shape index (κ1) is 30.3. The highest BCUT2D eigenvalue weighted by Gasteiger charge is 2.33. The van der Waals surface area contributed by atoms with Crippen molar-refractivity contribution in [3.8, 4) is 29.0 Å². The molecule has 4 heterocycles. The number of likely N-dealkylation sites (N-methyl/N-ethyl adjacent to an activating group) is 1. The van der Waals surface area contributed by atoms with E-state index in [1.165, 1.54) is 0 Å². The topological polar surface area (TPSA) is 106 Å². The lowest BCUT2D eigenvalue weighted by Gasteiger charge is -2.43. The van der Waals surface area contributed by atoms with E-state index in [1.807, 2.05) is 18.3 Å². The maximum atomic E-state index is 9.70. The van der Waals surface area contributed by atoms with Gasteiger partial charge in [0.15, 0.2) is 5.75 Å². The number of rotatable bonds is 10. The molecule has 2 aromatic heterocycles. The van der Waals surface area contributed by atoms with Gasteiger partial charge >= 0.3 is 6.01 Å². The number of hydrogen-bond acceptors (Lipinski definition) is 9. The van der Waals surface area contributed by atoms with Gasteiger partial charge in [-0.25, -0.2) is 0 Å². The summed E-state index contributed by atoms with van der Waals surface area (Å²) in [6.07, 6.45) is 8.19. The third-order valence-electron chi connectivity index (χ3n) is 9.54. The highest BCUT2D eigenvalue weighted by molar-refractivity contribution is 6.35. The number of nitrogens with zero attached hydrogens (tertiary/aromatic N) is 7. The molecule has 3 fully saturated rings. The van der Waals surface area contributed by atoms with Gasteiger partial charge in [0.25, 0.3) is 0 Å². The van der Waals surface area contributed by atoms with Crippen LogP contribution in [0.1, 0.15) is 37.7 Å². The quantitative estimate of drug-likeness (QED) is 0.202. The highest BCUT2D eigenvalue weighted by Crippen LogP contribution is 2.49. The van der Waals surface area contributed by atoms with Gasteiger partial charge in [-0.2, -0.15) is 20.3 Å². The lowest BCUT2D eigenvalue weighted by atomic mass is 9.94. The van der Waals surface area contributed by atoms with E-state index in [9.17, 15) is 5.26 Å². The average molecular weight is 639 g/mol. The molecule has 0 bridgehead atoms. The summed E-state index contributed by atoms with van der Waals surface area (Å²) < 4.78 is 13.1. The average Bonchev–Trinajstić information content (AvgIpc) is 3.58. The lowest BCUT2D eigenvalue weighted by molar-refractivity contribution is 0.188. The number of anilines is 1. The van der Waals surface area contributed by atoms with Crippen molar-refractivity contribution in [3.63, 3.8) is 0 Å². The molecule has 238 valence electrons. The summed E-state index contributed by atoms with van der Waals surface area (Å²) >= 11 is 7.27. The predicted molar refractivity (Wildman–Crippen MR) is 181 cm³/mol. The zero-order valence-electron chi connectivity index (χ0n) is 26.4. The second kappa shape index (κ2) is 12.5. The first-order chi connectivity index (χ1) is 22.4. The van der Waals surface area contributed by atoms with Gasteiger partial charge in [-0.3, -0.25) is 5.10 Å². The standard InChI is InChI=1S/C35H39ClN8O2/c1-5-22(3)44-16-15-43(19-23(44)12-13-37)34-26-17-28(36)31(30-21(2)8-11-29-27(30)18-38-41-29)33(46-25-9-10-25)32(26)39-35(40-34)45-20-24-7-6-14-42(24)4/h5,8,11,17-18,23-25H,1,3,6-7,9-10,12,14-16,19-20H2,2,4H3,(H,38,41)/t23-,24-/m0/s1. The van der Waals surface area contributed by atoms with Crippen molar-refractivity contribution in [1.29, 1.82) is 5.26 Å². The Bertz CT molecular complexity index is 1860. The van der Waals surface area contributed by atoms with Crippen LogP contribution in [0.15, 0.2) is 49.3 Å². The van der Waals surface area contributed by atoms with Gasteiger partial charge < -0.3 is 24.2 Å². The van der Waals surface area contributed by atoms with Gasteiger partial charge in [-0.1, -0.05) is 30.8 Å². The SMILES string of the molecule is C=CC(=C)N1CCN(c2nc(OC[C@@H]3CCCN3C)nc3c(OC4CC4)c(-c4c(C)ccc5[nH]ncc45)c(Cl)cc23)C[C@@H]1CC#N. The third kappa shape index (κ3) is 5.63. The second-order valence-electron chi connectivity index (χ2n) is 12.6. The molecule has 4 aromatic rings. The molecule has 0 radical (unpaired) electrons. The summed E-state index contributed by atoms with van der Waals surface area (Å²) in [4.78, 5) is 16.8. The maximum absolute atomic E-state index is 9.70.